The number of thioether (sulfide) groups is 1. The molecule has 0 aliphatic carbocycles. The molecule has 3 aromatic rings. The van der Waals surface area contributed by atoms with Crippen molar-refractivity contribution in [2.24, 2.45) is 0 Å². The van der Waals surface area contributed by atoms with Crippen molar-refractivity contribution in [1.29, 1.82) is 0 Å². The Balaban J connectivity index is 0.000000307. The Labute approximate surface area is 267 Å². The van der Waals surface area contributed by atoms with E-state index in [2.05, 4.69) is 80.6 Å². The topological polar surface area (TPSA) is 27.1 Å². The van der Waals surface area contributed by atoms with Crippen LogP contribution < -0.4 is 15.7 Å². The lowest BCUT2D eigenvalue weighted by Gasteiger charge is -2.19. The molecule has 6 heteroatoms. The van der Waals surface area contributed by atoms with E-state index < -0.39 is 0 Å². The van der Waals surface area contributed by atoms with Crippen molar-refractivity contribution in [3.63, 3.8) is 0 Å². The summed E-state index contributed by atoms with van der Waals surface area (Å²) in [6.07, 6.45) is 20.8. The second kappa shape index (κ2) is 20.7. The maximum absolute atomic E-state index is 5.78. The summed E-state index contributed by atoms with van der Waals surface area (Å²) in [6.45, 7) is 12.5. The standard InChI is InChI=1S/C20H24BClOS.C16H30N2/c1-20(2,3)24-17-12-10-16(11-13-17)21(14-7-15-22)18-8-5-6-9-19(18)23-4;1-3-4-5-6-7-8-9-10-11-12-13-18-15-17-14-16(18)2/h5-13,15H,14H2,1-4H3;14-15H,3-13H2,1-2H3. The van der Waals surface area contributed by atoms with Gasteiger partial charge in [0.1, 0.15) is 5.75 Å². The van der Waals surface area contributed by atoms with Gasteiger partial charge in [-0.1, -0.05) is 139 Å². The molecule has 0 unspecified atom stereocenters. The van der Waals surface area contributed by atoms with Crippen molar-refractivity contribution in [3.05, 3.63) is 78.4 Å². The van der Waals surface area contributed by atoms with E-state index in [-0.39, 0.29) is 11.5 Å². The number of imidazole rings is 1. The maximum atomic E-state index is 5.78. The van der Waals surface area contributed by atoms with Gasteiger partial charge in [-0.3, -0.25) is 0 Å². The highest BCUT2D eigenvalue weighted by atomic mass is 35.5. The van der Waals surface area contributed by atoms with E-state index in [0.717, 1.165) is 18.6 Å². The molecule has 1 aromatic heterocycles. The normalized spacial score (nSPS) is 11.4. The molecule has 230 valence electrons. The minimum atomic E-state index is 0.213. The first-order valence-electron chi connectivity index (χ1n) is 15.9. The van der Waals surface area contributed by atoms with Crippen LogP contribution in [0.2, 0.25) is 6.32 Å². The molecule has 0 fully saturated rings. The number of aryl methyl sites for hydroxylation is 2. The average Bonchev–Trinajstić information content (AvgIpc) is 3.39. The number of para-hydroxylation sites is 1. The van der Waals surface area contributed by atoms with Gasteiger partial charge in [0.2, 0.25) is 6.71 Å². The third-order valence-electron chi connectivity index (χ3n) is 7.35. The fraction of sp³-hybridized carbons (Fsp3) is 0.528. The number of benzene rings is 2. The van der Waals surface area contributed by atoms with Gasteiger partial charge in [0.25, 0.3) is 0 Å². The molecule has 0 saturated carbocycles. The van der Waals surface area contributed by atoms with Crippen LogP contribution in [-0.4, -0.2) is 28.1 Å². The highest BCUT2D eigenvalue weighted by molar-refractivity contribution is 8.00. The quantitative estimate of drug-likeness (QED) is 0.0867. The molecule has 0 radical (unpaired) electrons. The molecule has 0 atom stereocenters. The van der Waals surface area contributed by atoms with Gasteiger partial charge in [0, 0.05) is 28.1 Å². The molecule has 0 saturated heterocycles. The van der Waals surface area contributed by atoms with Crippen molar-refractivity contribution < 1.29 is 4.74 Å². The number of rotatable bonds is 17. The van der Waals surface area contributed by atoms with E-state index in [1.165, 1.54) is 85.7 Å². The Kier molecular flexibility index (Phi) is 17.8. The number of hydrogen-bond acceptors (Lipinski definition) is 3. The summed E-state index contributed by atoms with van der Waals surface area (Å²) >= 11 is 7.66. The number of ether oxygens (including phenoxy) is 1. The van der Waals surface area contributed by atoms with Gasteiger partial charge in [-0.15, -0.1) is 11.8 Å². The van der Waals surface area contributed by atoms with Gasteiger partial charge in [0.15, 0.2) is 0 Å². The first-order valence-corrected chi connectivity index (χ1v) is 17.2. The van der Waals surface area contributed by atoms with Crippen molar-refractivity contribution in [1.82, 2.24) is 9.55 Å². The van der Waals surface area contributed by atoms with Crippen LogP contribution in [0.5, 0.6) is 5.75 Å². The van der Waals surface area contributed by atoms with E-state index in [0.29, 0.717) is 0 Å². The number of hydrogen-bond donors (Lipinski definition) is 0. The number of nitrogens with zero attached hydrogens (tertiary/aromatic N) is 2. The number of aromatic nitrogens is 2. The van der Waals surface area contributed by atoms with E-state index in [1.807, 2.05) is 42.5 Å². The number of unbranched alkanes of at least 4 members (excludes halogenated alkanes) is 9. The van der Waals surface area contributed by atoms with Crippen molar-refractivity contribution in [2.45, 2.75) is 121 Å². The van der Waals surface area contributed by atoms with E-state index >= 15 is 0 Å². The third kappa shape index (κ3) is 14.4. The first-order chi connectivity index (χ1) is 20.3. The maximum Gasteiger partial charge on any atom is 0.217 e. The average molecular weight is 609 g/mol. The SMILES string of the molecule is CCCCCCCCCCCCn1cncc1C.COc1ccccc1B(CC=CCl)c1ccc(SC(C)(C)C)cc1. The summed E-state index contributed by atoms with van der Waals surface area (Å²) in [5.41, 5.74) is 5.33. The van der Waals surface area contributed by atoms with Gasteiger partial charge in [0.05, 0.1) is 13.4 Å². The smallest absolute Gasteiger partial charge is 0.217 e. The van der Waals surface area contributed by atoms with Crippen LogP contribution in [0.4, 0.5) is 0 Å². The minimum absolute atomic E-state index is 0.213. The summed E-state index contributed by atoms with van der Waals surface area (Å²) in [5, 5.41) is 0. The van der Waals surface area contributed by atoms with Crippen LogP contribution in [-0.2, 0) is 6.54 Å². The summed E-state index contributed by atoms with van der Waals surface area (Å²) in [5.74, 6) is 0.915. The highest BCUT2D eigenvalue weighted by Gasteiger charge is 2.21. The second-order valence-electron chi connectivity index (χ2n) is 12.1. The van der Waals surface area contributed by atoms with Crippen molar-refractivity contribution in [3.8, 4) is 5.75 Å². The van der Waals surface area contributed by atoms with Crippen LogP contribution in [0, 0.1) is 6.92 Å². The van der Waals surface area contributed by atoms with E-state index in [1.54, 1.807) is 12.6 Å². The summed E-state index contributed by atoms with van der Waals surface area (Å²) < 4.78 is 8.02. The number of halogens is 1. The summed E-state index contributed by atoms with van der Waals surface area (Å²) in [4.78, 5) is 5.44. The molecule has 0 aliphatic rings. The third-order valence-corrected chi connectivity index (χ3v) is 8.65. The summed E-state index contributed by atoms with van der Waals surface area (Å²) in [7, 11) is 1.72. The molecular formula is C36H54BClN2OS. The number of allylic oxidation sites excluding steroid dienone is 1. The van der Waals surface area contributed by atoms with Crippen LogP contribution in [0.1, 0.15) is 97.6 Å². The Morgan fingerprint density at radius 3 is 2.07 bits per heavy atom. The Hall–Kier alpha value is -2.11. The fourth-order valence-electron chi connectivity index (χ4n) is 5.10. The Bertz CT molecular complexity index is 1140. The van der Waals surface area contributed by atoms with Crippen molar-refractivity contribution in [2.75, 3.05) is 7.11 Å². The van der Waals surface area contributed by atoms with Crippen LogP contribution in [0.3, 0.4) is 0 Å². The Morgan fingerprint density at radius 2 is 1.52 bits per heavy atom. The zero-order valence-corrected chi connectivity index (χ0v) is 28.7. The molecule has 1 heterocycles. The molecule has 3 rings (SSSR count). The lowest BCUT2D eigenvalue weighted by Crippen LogP contribution is -2.42. The van der Waals surface area contributed by atoms with Gasteiger partial charge in [-0.2, -0.15) is 0 Å². The second-order valence-corrected chi connectivity index (χ2v) is 14.2. The molecule has 3 nitrogen and oxygen atoms in total. The lowest BCUT2D eigenvalue weighted by molar-refractivity contribution is 0.418. The molecule has 0 bridgehead atoms. The monoisotopic (exact) mass is 608 g/mol. The predicted octanol–water partition coefficient (Wildman–Crippen LogP) is 10.1. The molecular weight excluding hydrogens is 555 g/mol. The zero-order chi connectivity index (χ0) is 30.6. The number of methoxy groups -OCH3 is 1. The van der Waals surface area contributed by atoms with Gasteiger partial charge < -0.3 is 9.30 Å². The fourth-order valence-corrected chi connectivity index (χ4v) is 6.18. The molecule has 0 amide bonds. The highest BCUT2D eigenvalue weighted by Crippen LogP contribution is 2.31. The zero-order valence-electron chi connectivity index (χ0n) is 27.1. The summed E-state index contributed by atoms with van der Waals surface area (Å²) in [6, 6.07) is 17.0. The van der Waals surface area contributed by atoms with Crippen molar-refractivity contribution >= 4 is 41.0 Å². The van der Waals surface area contributed by atoms with Gasteiger partial charge in [-0.05, 0) is 48.9 Å². The predicted molar refractivity (Wildman–Crippen MR) is 189 cm³/mol. The molecule has 0 N–H and O–H groups in total. The lowest BCUT2D eigenvalue weighted by atomic mass is 9.38. The van der Waals surface area contributed by atoms with E-state index in [9.17, 15) is 0 Å². The first kappa shape index (κ1) is 36.1. The van der Waals surface area contributed by atoms with Crippen LogP contribution in [0.15, 0.2) is 77.6 Å². The Morgan fingerprint density at radius 1 is 0.905 bits per heavy atom. The minimum Gasteiger partial charge on any atom is -0.497 e. The molecule has 2 aromatic carbocycles. The molecule has 0 aliphatic heterocycles. The van der Waals surface area contributed by atoms with Crippen LogP contribution in [0.25, 0.3) is 0 Å². The molecule has 0 spiro atoms. The van der Waals surface area contributed by atoms with Crippen LogP contribution >= 0.6 is 23.4 Å². The molecule has 42 heavy (non-hydrogen) atoms. The largest absolute Gasteiger partial charge is 0.497 e. The van der Waals surface area contributed by atoms with Gasteiger partial charge >= 0.3 is 0 Å². The van der Waals surface area contributed by atoms with E-state index in [4.69, 9.17) is 16.3 Å². The van der Waals surface area contributed by atoms with Gasteiger partial charge in [-0.25, -0.2) is 4.98 Å².